The number of aryl methyl sites for hydroxylation is 1. The number of nitrogen functional groups attached to an aromatic ring is 1. The van der Waals surface area contributed by atoms with E-state index in [1.54, 1.807) is 0 Å². The maximum absolute atomic E-state index is 5.84. The minimum Gasteiger partial charge on any atom is -0.438 e. The van der Waals surface area contributed by atoms with Gasteiger partial charge in [0.2, 0.25) is 5.88 Å². The quantitative estimate of drug-likeness (QED) is 0.750. The van der Waals surface area contributed by atoms with Gasteiger partial charge in [-0.1, -0.05) is 35.9 Å². The van der Waals surface area contributed by atoms with E-state index in [9.17, 15) is 0 Å². The van der Waals surface area contributed by atoms with Gasteiger partial charge in [-0.3, -0.25) is 0 Å². The van der Waals surface area contributed by atoms with Gasteiger partial charge in [-0.05, 0) is 36.6 Å². The number of hydrogen-bond donors (Lipinski definition) is 1. The molecule has 0 aliphatic carbocycles. The summed E-state index contributed by atoms with van der Waals surface area (Å²) in [7, 11) is 0. The summed E-state index contributed by atoms with van der Waals surface area (Å²) in [6.07, 6.45) is 0. The van der Waals surface area contributed by atoms with Crippen LogP contribution in [0.5, 0.6) is 11.6 Å². The number of benzene rings is 2. The fourth-order valence-electron chi connectivity index (χ4n) is 1.98. The van der Waals surface area contributed by atoms with Crippen LogP contribution in [0.25, 0.3) is 10.8 Å². The van der Waals surface area contributed by atoms with Crippen molar-refractivity contribution in [2.24, 2.45) is 0 Å². The molecular formula is C16H14N2O. The molecule has 0 bridgehead atoms. The van der Waals surface area contributed by atoms with Crippen LogP contribution in [0.15, 0.2) is 54.6 Å². The van der Waals surface area contributed by atoms with Crippen molar-refractivity contribution in [1.82, 2.24) is 4.98 Å². The Labute approximate surface area is 111 Å². The first-order chi connectivity index (χ1) is 9.22. The summed E-state index contributed by atoms with van der Waals surface area (Å²) in [5.41, 5.74) is 7.00. The highest BCUT2D eigenvalue weighted by Gasteiger charge is 2.06. The maximum Gasteiger partial charge on any atom is 0.229 e. The summed E-state index contributed by atoms with van der Waals surface area (Å²) >= 11 is 0. The third kappa shape index (κ3) is 2.36. The molecule has 3 heteroatoms. The number of fused-ring (bicyclic) bond motifs is 1. The second-order valence-electron chi connectivity index (χ2n) is 4.49. The average molecular weight is 250 g/mol. The van der Waals surface area contributed by atoms with Crippen LogP contribution < -0.4 is 10.5 Å². The molecule has 0 atom stereocenters. The van der Waals surface area contributed by atoms with Crippen molar-refractivity contribution in [3.63, 3.8) is 0 Å². The van der Waals surface area contributed by atoms with Gasteiger partial charge in [-0.15, -0.1) is 0 Å². The normalized spacial score (nSPS) is 10.6. The Kier molecular flexibility index (Phi) is 2.80. The van der Waals surface area contributed by atoms with Gasteiger partial charge in [-0.2, -0.15) is 4.98 Å². The van der Waals surface area contributed by atoms with E-state index >= 15 is 0 Å². The molecule has 0 spiro atoms. The van der Waals surface area contributed by atoms with Crippen LogP contribution in [0.4, 0.5) is 5.82 Å². The molecule has 2 N–H and O–H groups in total. The Hall–Kier alpha value is -2.55. The number of anilines is 1. The molecule has 0 radical (unpaired) electrons. The highest BCUT2D eigenvalue weighted by atomic mass is 16.5. The lowest BCUT2D eigenvalue weighted by molar-refractivity contribution is 0.470. The van der Waals surface area contributed by atoms with Crippen LogP contribution in [0.1, 0.15) is 5.56 Å². The first kappa shape index (κ1) is 11.5. The second-order valence-corrected chi connectivity index (χ2v) is 4.49. The summed E-state index contributed by atoms with van der Waals surface area (Å²) in [4.78, 5) is 4.27. The molecule has 3 rings (SSSR count). The van der Waals surface area contributed by atoms with Crippen molar-refractivity contribution in [3.8, 4) is 11.6 Å². The van der Waals surface area contributed by atoms with Gasteiger partial charge in [0.05, 0.1) is 0 Å². The molecule has 0 fully saturated rings. The van der Waals surface area contributed by atoms with Crippen molar-refractivity contribution in [2.45, 2.75) is 6.92 Å². The van der Waals surface area contributed by atoms with Gasteiger partial charge in [0.15, 0.2) is 0 Å². The van der Waals surface area contributed by atoms with E-state index in [0.29, 0.717) is 11.7 Å². The minimum absolute atomic E-state index is 0.459. The number of aromatic nitrogens is 1. The zero-order valence-electron chi connectivity index (χ0n) is 10.6. The van der Waals surface area contributed by atoms with E-state index in [2.05, 4.69) is 4.98 Å². The SMILES string of the molecule is Cc1ccc(Oc2nc(N)cc3ccccc23)cc1. The number of rotatable bonds is 2. The van der Waals surface area contributed by atoms with Gasteiger partial charge >= 0.3 is 0 Å². The molecule has 0 saturated carbocycles. The summed E-state index contributed by atoms with van der Waals surface area (Å²) in [6.45, 7) is 2.04. The van der Waals surface area contributed by atoms with E-state index in [1.807, 2.05) is 61.5 Å². The highest BCUT2D eigenvalue weighted by Crippen LogP contribution is 2.29. The third-order valence-electron chi connectivity index (χ3n) is 2.96. The number of pyridine rings is 1. The van der Waals surface area contributed by atoms with Gasteiger partial charge in [0.25, 0.3) is 0 Å². The van der Waals surface area contributed by atoms with Crippen molar-refractivity contribution >= 4 is 16.6 Å². The predicted molar refractivity (Wildman–Crippen MR) is 77.4 cm³/mol. The molecule has 94 valence electrons. The van der Waals surface area contributed by atoms with E-state index in [4.69, 9.17) is 10.5 Å². The monoisotopic (exact) mass is 250 g/mol. The van der Waals surface area contributed by atoms with Crippen molar-refractivity contribution in [1.29, 1.82) is 0 Å². The van der Waals surface area contributed by atoms with Crippen LogP contribution in [0, 0.1) is 6.92 Å². The molecule has 1 aromatic heterocycles. The lowest BCUT2D eigenvalue weighted by atomic mass is 10.1. The molecule has 3 aromatic rings. The maximum atomic E-state index is 5.84. The van der Waals surface area contributed by atoms with E-state index in [-0.39, 0.29) is 0 Å². The predicted octanol–water partition coefficient (Wildman–Crippen LogP) is 3.92. The minimum atomic E-state index is 0.459. The van der Waals surface area contributed by atoms with E-state index in [0.717, 1.165) is 16.5 Å². The topological polar surface area (TPSA) is 48.1 Å². The fourth-order valence-corrected chi connectivity index (χ4v) is 1.98. The zero-order valence-corrected chi connectivity index (χ0v) is 10.6. The molecule has 0 unspecified atom stereocenters. The van der Waals surface area contributed by atoms with Crippen LogP contribution >= 0.6 is 0 Å². The van der Waals surface area contributed by atoms with Gasteiger partial charge in [-0.25, -0.2) is 0 Å². The molecule has 0 aliphatic rings. The van der Waals surface area contributed by atoms with Gasteiger partial charge in [0, 0.05) is 5.39 Å². The number of ether oxygens (including phenoxy) is 1. The Balaban J connectivity index is 2.07. The molecule has 0 saturated heterocycles. The Morgan fingerprint density at radius 2 is 1.74 bits per heavy atom. The molecule has 19 heavy (non-hydrogen) atoms. The molecule has 1 heterocycles. The third-order valence-corrected chi connectivity index (χ3v) is 2.96. The highest BCUT2D eigenvalue weighted by molar-refractivity contribution is 5.88. The molecule has 0 aliphatic heterocycles. The van der Waals surface area contributed by atoms with Crippen LogP contribution in [-0.4, -0.2) is 4.98 Å². The number of nitrogens with zero attached hydrogens (tertiary/aromatic N) is 1. The summed E-state index contributed by atoms with van der Waals surface area (Å²) < 4.78 is 5.84. The fraction of sp³-hybridized carbons (Fsp3) is 0.0625. The van der Waals surface area contributed by atoms with Crippen molar-refractivity contribution in [2.75, 3.05) is 5.73 Å². The van der Waals surface area contributed by atoms with Crippen LogP contribution in [-0.2, 0) is 0 Å². The molecule has 3 nitrogen and oxygen atoms in total. The summed E-state index contributed by atoms with van der Waals surface area (Å²) in [5.74, 6) is 1.76. The lowest BCUT2D eigenvalue weighted by Gasteiger charge is -2.09. The number of nitrogens with two attached hydrogens (primary N) is 1. The molecule has 0 amide bonds. The largest absolute Gasteiger partial charge is 0.438 e. The smallest absolute Gasteiger partial charge is 0.229 e. The summed E-state index contributed by atoms with van der Waals surface area (Å²) in [6, 6.07) is 17.6. The average Bonchev–Trinajstić information content (AvgIpc) is 2.41. The first-order valence-electron chi connectivity index (χ1n) is 6.12. The van der Waals surface area contributed by atoms with Crippen LogP contribution in [0.2, 0.25) is 0 Å². The molecular weight excluding hydrogens is 236 g/mol. The van der Waals surface area contributed by atoms with Gasteiger partial charge in [0.1, 0.15) is 11.6 Å². The lowest BCUT2D eigenvalue weighted by Crippen LogP contribution is -1.95. The van der Waals surface area contributed by atoms with E-state index in [1.165, 1.54) is 5.56 Å². The molecule has 2 aromatic carbocycles. The number of hydrogen-bond acceptors (Lipinski definition) is 3. The Bertz CT molecular complexity index is 720. The van der Waals surface area contributed by atoms with Gasteiger partial charge < -0.3 is 10.5 Å². The van der Waals surface area contributed by atoms with Crippen molar-refractivity contribution in [3.05, 3.63) is 60.2 Å². The Morgan fingerprint density at radius 3 is 2.53 bits per heavy atom. The summed E-state index contributed by atoms with van der Waals surface area (Å²) in [5, 5.41) is 1.98. The Morgan fingerprint density at radius 1 is 1.00 bits per heavy atom. The van der Waals surface area contributed by atoms with E-state index < -0.39 is 0 Å². The van der Waals surface area contributed by atoms with Crippen LogP contribution in [0.3, 0.4) is 0 Å². The second kappa shape index (κ2) is 4.61. The first-order valence-corrected chi connectivity index (χ1v) is 6.12. The van der Waals surface area contributed by atoms with Crippen molar-refractivity contribution < 1.29 is 4.74 Å². The zero-order chi connectivity index (χ0) is 13.2. The standard InChI is InChI=1S/C16H14N2O/c1-11-6-8-13(9-7-11)19-16-14-5-3-2-4-12(14)10-15(17)18-16/h2-10H,1H3,(H2,17,18).